The van der Waals surface area contributed by atoms with Crippen molar-refractivity contribution in [3.05, 3.63) is 58.2 Å². The van der Waals surface area contributed by atoms with Crippen LogP contribution in [0.2, 0.25) is 0 Å². The lowest BCUT2D eigenvalue weighted by Gasteiger charge is -2.26. The molecule has 0 bridgehead atoms. The largest absolute Gasteiger partial charge is 0.386 e. The van der Waals surface area contributed by atoms with Gasteiger partial charge in [-0.05, 0) is 45.7 Å². The third kappa shape index (κ3) is 2.15. The summed E-state index contributed by atoms with van der Waals surface area (Å²) in [4.78, 5) is 0. The van der Waals surface area contributed by atoms with Gasteiger partial charge in [-0.2, -0.15) is 0 Å². The molecule has 1 aliphatic rings. The van der Waals surface area contributed by atoms with Gasteiger partial charge in [-0.25, -0.2) is 0 Å². The number of rotatable bonds is 2. The monoisotopic (exact) mass is 242 g/mol. The third-order valence-electron chi connectivity index (χ3n) is 3.89. The summed E-state index contributed by atoms with van der Waals surface area (Å²) in [7, 11) is 0. The molecule has 18 heavy (non-hydrogen) atoms. The Labute approximate surface area is 110 Å². The molecular formula is C17H22O. The van der Waals surface area contributed by atoms with E-state index in [4.69, 9.17) is 0 Å². The normalized spacial score (nSPS) is 20.3. The minimum absolute atomic E-state index is 0.327. The van der Waals surface area contributed by atoms with Crippen LogP contribution in [0.3, 0.4) is 0 Å². The number of allylic oxidation sites excluding steroid dienone is 4. The number of benzene rings is 1. The summed E-state index contributed by atoms with van der Waals surface area (Å²) in [6, 6.07) is 8.22. The van der Waals surface area contributed by atoms with E-state index in [9.17, 15) is 5.11 Å². The van der Waals surface area contributed by atoms with Gasteiger partial charge in [0.25, 0.3) is 0 Å². The molecule has 2 rings (SSSR count). The van der Waals surface area contributed by atoms with E-state index in [1.807, 2.05) is 26.0 Å². The summed E-state index contributed by atoms with van der Waals surface area (Å²) in [5.41, 5.74) is 5.56. The summed E-state index contributed by atoms with van der Waals surface area (Å²) < 4.78 is 0. The van der Waals surface area contributed by atoms with Crippen LogP contribution in [-0.4, -0.2) is 5.11 Å². The van der Waals surface area contributed by atoms with E-state index >= 15 is 0 Å². The maximum Gasteiger partial charge on any atom is 0.0843 e. The number of hydrogen-bond acceptors (Lipinski definition) is 1. The van der Waals surface area contributed by atoms with Crippen molar-refractivity contribution in [1.82, 2.24) is 0 Å². The molecule has 0 aromatic heterocycles. The highest BCUT2D eigenvalue weighted by atomic mass is 16.3. The van der Waals surface area contributed by atoms with Crippen LogP contribution >= 0.6 is 0 Å². The Bertz CT molecular complexity index is 527. The van der Waals surface area contributed by atoms with Gasteiger partial charge >= 0.3 is 0 Å². The molecule has 1 nitrogen and oxygen atoms in total. The fourth-order valence-electron chi connectivity index (χ4n) is 2.89. The first kappa shape index (κ1) is 13.1. The van der Waals surface area contributed by atoms with Crippen LogP contribution in [0.15, 0.2) is 47.1 Å². The van der Waals surface area contributed by atoms with Gasteiger partial charge in [-0.1, -0.05) is 47.1 Å². The van der Waals surface area contributed by atoms with Gasteiger partial charge < -0.3 is 5.11 Å². The van der Waals surface area contributed by atoms with Crippen LogP contribution in [0.5, 0.6) is 0 Å². The van der Waals surface area contributed by atoms with Gasteiger partial charge in [-0.3, -0.25) is 0 Å². The van der Waals surface area contributed by atoms with Crippen molar-refractivity contribution in [3.63, 3.8) is 0 Å². The van der Waals surface area contributed by atoms with Crippen molar-refractivity contribution in [2.24, 2.45) is 0 Å². The zero-order valence-electron chi connectivity index (χ0n) is 11.9. The molecule has 0 radical (unpaired) electrons. The van der Waals surface area contributed by atoms with E-state index in [2.05, 4.69) is 39.0 Å². The topological polar surface area (TPSA) is 20.2 Å². The SMILES string of the molecule is CC1=CC(C)=C(C)C1c1ccccc1C(C)(C)O. The zero-order chi connectivity index (χ0) is 13.5. The third-order valence-corrected chi connectivity index (χ3v) is 3.89. The Kier molecular flexibility index (Phi) is 3.20. The smallest absolute Gasteiger partial charge is 0.0843 e. The molecule has 0 fully saturated rings. The lowest BCUT2D eigenvalue weighted by atomic mass is 9.82. The summed E-state index contributed by atoms with van der Waals surface area (Å²) in [6.07, 6.45) is 2.25. The van der Waals surface area contributed by atoms with E-state index in [1.54, 1.807) is 0 Å². The molecule has 1 N–H and O–H groups in total. The Morgan fingerprint density at radius 3 is 2.17 bits per heavy atom. The fourth-order valence-corrected chi connectivity index (χ4v) is 2.89. The molecule has 1 unspecified atom stereocenters. The lowest BCUT2D eigenvalue weighted by molar-refractivity contribution is 0.0775. The minimum Gasteiger partial charge on any atom is -0.386 e. The standard InChI is InChI=1S/C17H22O/c1-11-10-12(2)16(13(11)3)14-8-6-7-9-15(14)17(4,5)18/h6-10,16,18H,1-5H3. The maximum absolute atomic E-state index is 10.3. The first-order valence-corrected chi connectivity index (χ1v) is 6.49. The summed E-state index contributed by atoms with van der Waals surface area (Å²) in [6.45, 7) is 10.2. The average Bonchev–Trinajstić information content (AvgIpc) is 2.52. The minimum atomic E-state index is -0.798. The molecule has 0 saturated heterocycles. The van der Waals surface area contributed by atoms with Crippen molar-refractivity contribution in [2.75, 3.05) is 0 Å². The van der Waals surface area contributed by atoms with Gasteiger partial charge in [0.2, 0.25) is 0 Å². The molecule has 0 saturated carbocycles. The van der Waals surface area contributed by atoms with Gasteiger partial charge in [0.05, 0.1) is 5.60 Å². The van der Waals surface area contributed by atoms with E-state index in [0.717, 1.165) is 5.56 Å². The van der Waals surface area contributed by atoms with Crippen LogP contribution in [0.1, 0.15) is 51.7 Å². The van der Waals surface area contributed by atoms with Crippen LogP contribution < -0.4 is 0 Å². The second-order valence-corrected chi connectivity index (χ2v) is 5.83. The van der Waals surface area contributed by atoms with Crippen molar-refractivity contribution >= 4 is 0 Å². The van der Waals surface area contributed by atoms with Crippen molar-refractivity contribution in [3.8, 4) is 0 Å². The average molecular weight is 242 g/mol. The van der Waals surface area contributed by atoms with E-state index in [-0.39, 0.29) is 0 Å². The molecule has 0 heterocycles. The van der Waals surface area contributed by atoms with Crippen molar-refractivity contribution in [1.29, 1.82) is 0 Å². The van der Waals surface area contributed by atoms with Crippen molar-refractivity contribution < 1.29 is 5.11 Å². The van der Waals surface area contributed by atoms with Gasteiger partial charge in [0, 0.05) is 5.92 Å². The van der Waals surface area contributed by atoms with Gasteiger partial charge in [-0.15, -0.1) is 0 Å². The maximum atomic E-state index is 10.3. The highest BCUT2D eigenvalue weighted by Gasteiger charge is 2.28. The second kappa shape index (κ2) is 4.40. The van der Waals surface area contributed by atoms with E-state index < -0.39 is 5.60 Å². The molecule has 1 aliphatic carbocycles. The molecule has 1 aromatic carbocycles. The predicted molar refractivity (Wildman–Crippen MR) is 76.6 cm³/mol. The highest BCUT2D eigenvalue weighted by Crippen LogP contribution is 2.42. The molecule has 1 atom stereocenters. The predicted octanol–water partition coefficient (Wildman–Crippen LogP) is 4.29. The molecule has 1 heteroatoms. The van der Waals surface area contributed by atoms with E-state index in [0.29, 0.717) is 5.92 Å². The van der Waals surface area contributed by atoms with Gasteiger partial charge in [0.1, 0.15) is 0 Å². The summed E-state index contributed by atoms with van der Waals surface area (Å²) in [5, 5.41) is 10.3. The Morgan fingerprint density at radius 2 is 1.67 bits per heavy atom. The van der Waals surface area contributed by atoms with Crippen LogP contribution in [0, 0.1) is 0 Å². The first-order chi connectivity index (χ1) is 8.32. The first-order valence-electron chi connectivity index (χ1n) is 6.49. The van der Waals surface area contributed by atoms with Gasteiger partial charge in [0.15, 0.2) is 0 Å². The van der Waals surface area contributed by atoms with Crippen LogP contribution in [0.25, 0.3) is 0 Å². The molecule has 1 aromatic rings. The Morgan fingerprint density at radius 1 is 1.06 bits per heavy atom. The Hall–Kier alpha value is -1.34. The summed E-state index contributed by atoms with van der Waals surface area (Å²) >= 11 is 0. The number of aliphatic hydroxyl groups is 1. The molecule has 0 amide bonds. The highest BCUT2D eigenvalue weighted by molar-refractivity contribution is 5.51. The zero-order valence-corrected chi connectivity index (χ0v) is 11.9. The lowest BCUT2D eigenvalue weighted by Crippen LogP contribution is -2.19. The molecular weight excluding hydrogens is 220 g/mol. The second-order valence-electron chi connectivity index (χ2n) is 5.83. The molecule has 0 aliphatic heterocycles. The molecule has 96 valence electrons. The van der Waals surface area contributed by atoms with Crippen LogP contribution in [-0.2, 0) is 5.60 Å². The van der Waals surface area contributed by atoms with E-state index in [1.165, 1.54) is 22.3 Å². The summed E-state index contributed by atoms with van der Waals surface area (Å²) in [5.74, 6) is 0.327. The number of hydrogen-bond donors (Lipinski definition) is 1. The molecule has 0 spiro atoms. The Balaban J connectivity index is 2.57. The fraction of sp³-hybridized carbons (Fsp3) is 0.412. The quantitative estimate of drug-likeness (QED) is 0.820. The van der Waals surface area contributed by atoms with Crippen molar-refractivity contribution in [2.45, 2.75) is 46.1 Å². The van der Waals surface area contributed by atoms with Crippen LogP contribution in [0.4, 0.5) is 0 Å².